The number of halogens is 3. The van der Waals surface area contributed by atoms with Crippen LogP contribution in [-0.4, -0.2) is 46.8 Å². The molecule has 154 valence electrons. The summed E-state index contributed by atoms with van der Waals surface area (Å²) < 4.78 is 39.8. The number of fused-ring (bicyclic) bond motifs is 1. The van der Waals surface area contributed by atoms with E-state index in [1.165, 1.54) is 11.8 Å². The Morgan fingerprint density at radius 2 is 2.10 bits per heavy atom. The van der Waals surface area contributed by atoms with E-state index in [2.05, 4.69) is 25.9 Å². The van der Waals surface area contributed by atoms with Gasteiger partial charge in [-0.25, -0.2) is 4.98 Å². The molecule has 1 aliphatic rings. The highest BCUT2D eigenvalue weighted by molar-refractivity contribution is 5.99. The predicted octanol–water partition coefficient (Wildman–Crippen LogP) is 2.62. The Labute approximate surface area is 164 Å². The predicted molar refractivity (Wildman–Crippen MR) is 101 cm³/mol. The fourth-order valence-corrected chi connectivity index (χ4v) is 2.72. The van der Waals surface area contributed by atoms with Gasteiger partial charge in [-0.05, 0) is 23.8 Å². The molecule has 3 N–H and O–H groups in total. The molecule has 0 spiro atoms. The van der Waals surface area contributed by atoms with Crippen molar-refractivity contribution >= 4 is 35.0 Å². The minimum atomic E-state index is -4.63. The molecule has 3 rings (SSSR count). The van der Waals surface area contributed by atoms with Crippen LogP contribution in [0.3, 0.4) is 0 Å². The molecular formula is C18H19F3N6O2. The SMILES string of the molecule is CC(=O)N(C)CCNc1nc(Nc2ccc3c(c2)CC(=O)N3)ncc1C(F)(F)F. The number of nitrogens with one attached hydrogen (secondary N) is 3. The summed E-state index contributed by atoms with van der Waals surface area (Å²) in [7, 11) is 1.55. The molecule has 11 heteroatoms. The van der Waals surface area contributed by atoms with Crippen molar-refractivity contribution in [2.75, 3.05) is 36.1 Å². The third-order valence-corrected chi connectivity index (χ3v) is 4.36. The zero-order valence-corrected chi connectivity index (χ0v) is 15.7. The average molecular weight is 408 g/mol. The second kappa shape index (κ2) is 7.94. The number of rotatable bonds is 6. The van der Waals surface area contributed by atoms with Gasteiger partial charge < -0.3 is 20.9 Å². The second-order valence-electron chi connectivity index (χ2n) is 6.54. The number of anilines is 4. The smallest absolute Gasteiger partial charge is 0.368 e. The summed E-state index contributed by atoms with van der Waals surface area (Å²) in [5, 5.41) is 8.17. The Balaban J connectivity index is 1.78. The van der Waals surface area contributed by atoms with Crippen molar-refractivity contribution in [3.8, 4) is 0 Å². The lowest BCUT2D eigenvalue weighted by Gasteiger charge is -2.18. The fraction of sp³-hybridized carbons (Fsp3) is 0.333. The van der Waals surface area contributed by atoms with Gasteiger partial charge in [0.2, 0.25) is 17.8 Å². The Kier molecular flexibility index (Phi) is 5.57. The van der Waals surface area contributed by atoms with Crippen LogP contribution in [0.1, 0.15) is 18.1 Å². The lowest BCUT2D eigenvalue weighted by atomic mass is 10.1. The number of carbonyl (C=O) groups is 2. The number of benzene rings is 1. The molecule has 1 aliphatic heterocycles. The highest BCUT2D eigenvalue weighted by atomic mass is 19.4. The maximum Gasteiger partial charge on any atom is 0.421 e. The Bertz CT molecular complexity index is 948. The lowest BCUT2D eigenvalue weighted by molar-refractivity contribution is -0.137. The van der Waals surface area contributed by atoms with Crippen molar-refractivity contribution in [1.29, 1.82) is 0 Å². The first-order valence-electron chi connectivity index (χ1n) is 8.73. The van der Waals surface area contributed by atoms with Crippen LogP contribution in [-0.2, 0) is 22.2 Å². The van der Waals surface area contributed by atoms with E-state index in [1.54, 1.807) is 25.2 Å². The molecule has 0 saturated carbocycles. The van der Waals surface area contributed by atoms with Gasteiger partial charge in [-0.3, -0.25) is 9.59 Å². The largest absolute Gasteiger partial charge is 0.421 e. The van der Waals surface area contributed by atoms with Gasteiger partial charge in [0.1, 0.15) is 11.4 Å². The molecule has 0 unspecified atom stereocenters. The standard InChI is InChI=1S/C18H19F3N6O2/c1-10(28)27(2)6-5-22-16-13(18(19,20)21)9-23-17(26-16)24-12-3-4-14-11(7-12)8-15(29)25-14/h3-4,7,9H,5-6,8H2,1-2H3,(H,25,29)(H2,22,23,24,26). The van der Waals surface area contributed by atoms with Crippen LogP contribution in [0, 0.1) is 0 Å². The molecule has 0 fully saturated rings. The minimum absolute atomic E-state index is 0.0299. The number of aromatic nitrogens is 2. The third kappa shape index (κ3) is 4.92. The molecule has 1 aromatic heterocycles. The number of alkyl halides is 3. The number of amides is 2. The van der Waals surface area contributed by atoms with Gasteiger partial charge in [0.25, 0.3) is 0 Å². The third-order valence-electron chi connectivity index (χ3n) is 4.36. The van der Waals surface area contributed by atoms with Crippen LogP contribution in [0.5, 0.6) is 0 Å². The van der Waals surface area contributed by atoms with Crippen molar-refractivity contribution in [3.63, 3.8) is 0 Å². The van der Waals surface area contributed by atoms with Gasteiger partial charge in [0.15, 0.2) is 0 Å². The first-order chi connectivity index (χ1) is 13.6. The first kappa shape index (κ1) is 20.4. The van der Waals surface area contributed by atoms with Gasteiger partial charge in [-0.15, -0.1) is 0 Å². The summed E-state index contributed by atoms with van der Waals surface area (Å²) in [6.45, 7) is 1.67. The average Bonchev–Trinajstić information content (AvgIpc) is 3.00. The highest BCUT2D eigenvalue weighted by Crippen LogP contribution is 2.34. The Morgan fingerprint density at radius 3 is 2.79 bits per heavy atom. The van der Waals surface area contributed by atoms with Crippen molar-refractivity contribution in [2.45, 2.75) is 19.5 Å². The lowest BCUT2D eigenvalue weighted by Crippen LogP contribution is -2.29. The number of nitrogens with zero attached hydrogens (tertiary/aromatic N) is 3. The van der Waals surface area contributed by atoms with Crippen molar-refractivity contribution in [3.05, 3.63) is 35.5 Å². The van der Waals surface area contributed by atoms with Gasteiger partial charge in [-0.1, -0.05) is 0 Å². The summed E-state index contributed by atoms with van der Waals surface area (Å²) >= 11 is 0. The van der Waals surface area contributed by atoms with Crippen molar-refractivity contribution in [1.82, 2.24) is 14.9 Å². The molecule has 0 saturated heterocycles. The van der Waals surface area contributed by atoms with Crippen LogP contribution in [0.4, 0.5) is 36.3 Å². The van der Waals surface area contributed by atoms with Gasteiger partial charge >= 0.3 is 6.18 Å². The Morgan fingerprint density at radius 1 is 1.34 bits per heavy atom. The van der Waals surface area contributed by atoms with E-state index in [4.69, 9.17) is 0 Å². The molecule has 1 aromatic carbocycles. The maximum absolute atomic E-state index is 13.3. The minimum Gasteiger partial charge on any atom is -0.368 e. The summed E-state index contributed by atoms with van der Waals surface area (Å²) in [5.74, 6) is -0.731. The molecule has 2 aromatic rings. The number of carbonyl (C=O) groups excluding carboxylic acids is 2. The molecule has 29 heavy (non-hydrogen) atoms. The van der Waals surface area contributed by atoms with Gasteiger partial charge in [0, 0.05) is 44.6 Å². The second-order valence-corrected chi connectivity index (χ2v) is 6.54. The molecular weight excluding hydrogens is 389 g/mol. The molecule has 0 atom stereocenters. The van der Waals surface area contributed by atoms with E-state index in [1.807, 2.05) is 0 Å². The fourth-order valence-electron chi connectivity index (χ4n) is 2.72. The normalized spacial score (nSPS) is 12.9. The Hall–Kier alpha value is -3.37. The van der Waals surface area contributed by atoms with Crippen molar-refractivity contribution in [2.24, 2.45) is 0 Å². The molecule has 2 amide bonds. The zero-order chi connectivity index (χ0) is 21.2. The van der Waals surface area contributed by atoms with Crippen LogP contribution < -0.4 is 16.0 Å². The number of likely N-dealkylation sites (N-methyl/N-ethyl adjacent to an activating group) is 1. The quantitative estimate of drug-likeness (QED) is 0.680. The van der Waals surface area contributed by atoms with Gasteiger partial charge in [-0.2, -0.15) is 18.2 Å². The topological polar surface area (TPSA) is 99.3 Å². The van der Waals surface area contributed by atoms with Gasteiger partial charge in [0.05, 0.1) is 6.42 Å². The van der Waals surface area contributed by atoms with Crippen LogP contribution >= 0.6 is 0 Å². The molecule has 0 radical (unpaired) electrons. The van der Waals surface area contributed by atoms with E-state index >= 15 is 0 Å². The monoisotopic (exact) mass is 408 g/mol. The molecule has 2 heterocycles. The summed E-state index contributed by atoms with van der Waals surface area (Å²) in [6, 6.07) is 5.08. The van der Waals surface area contributed by atoms with Crippen molar-refractivity contribution < 1.29 is 22.8 Å². The first-order valence-corrected chi connectivity index (χ1v) is 8.73. The van der Waals surface area contributed by atoms with E-state index in [9.17, 15) is 22.8 Å². The highest BCUT2D eigenvalue weighted by Gasteiger charge is 2.35. The van der Waals surface area contributed by atoms with Crippen LogP contribution in [0.2, 0.25) is 0 Å². The molecule has 8 nitrogen and oxygen atoms in total. The summed E-state index contributed by atoms with van der Waals surface area (Å²) in [5.41, 5.74) is 1.02. The van der Waals surface area contributed by atoms with E-state index < -0.39 is 11.7 Å². The number of hydrogen-bond donors (Lipinski definition) is 3. The molecule has 0 aliphatic carbocycles. The van der Waals surface area contributed by atoms with E-state index in [0.29, 0.717) is 17.6 Å². The number of hydrogen-bond acceptors (Lipinski definition) is 6. The zero-order valence-electron chi connectivity index (χ0n) is 15.7. The van der Waals surface area contributed by atoms with Crippen LogP contribution in [0.25, 0.3) is 0 Å². The maximum atomic E-state index is 13.3. The van der Waals surface area contributed by atoms with E-state index in [-0.39, 0.29) is 43.1 Å². The van der Waals surface area contributed by atoms with E-state index in [0.717, 1.165) is 5.56 Å². The summed E-state index contributed by atoms with van der Waals surface area (Å²) in [6.07, 6.45) is -3.70. The summed E-state index contributed by atoms with van der Waals surface area (Å²) in [4.78, 5) is 31.7. The molecule has 0 bridgehead atoms. The van der Waals surface area contributed by atoms with Crippen LogP contribution in [0.15, 0.2) is 24.4 Å².